The van der Waals surface area contributed by atoms with E-state index in [-0.39, 0.29) is 17.9 Å². The molecule has 2 amide bonds. The molecule has 3 rings (SSSR count). The van der Waals surface area contributed by atoms with Gasteiger partial charge in [0.15, 0.2) is 0 Å². The van der Waals surface area contributed by atoms with Gasteiger partial charge < -0.3 is 15.4 Å². The van der Waals surface area contributed by atoms with Gasteiger partial charge in [-0.15, -0.1) is 11.8 Å². The summed E-state index contributed by atoms with van der Waals surface area (Å²) >= 11 is 3.59. The molecule has 31 heavy (non-hydrogen) atoms. The Morgan fingerprint density at radius 2 is 1.97 bits per heavy atom. The van der Waals surface area contributed by atoms with Crippen LogP contribution in [0.15, 0.2) is 24.3 Å². The zero-order chi connectivity index (χ0) is 21.9. The topological polar surface area (TPSA) is 79.5 Å². The highest BCUT2D eigenvalue weighted by Crippen LogP contribution is 2.27. The highest BCUT2D eigenvalue weighted by molar-refractivity contribution is 7.99. The van der Waals surface area contributed by atoms with Crippen molar-refractivity contribution >= 4 is 35.3 Å². The second-order valence-corrected chi connectivity index (χ2v) is 10.4. The highest BCUT2D eigenvalue weighted by Gasteiger charge is 2.27. The van der Waals surface area contributed by atoms with Crippen LogP contribution < -0.4 is 20.7 Å². The molecule has 172 valence electrons. The number of hydrogen-bond acceptors (Lipinski definition) is 6. The summed E-state index contributed by atoms with van der Waals surface area (Å²) in [6.45, 7) is 0.431. The molecule has 1 saturated heterocycles. The number of carbonyl (C=O) groups is 2. The number of benzene rings is 1. The second kappa shape index (κ2) is 13.2. The van der Waals surface area contributed by atoms with Crippen molar-refractivity contribution in [2.75, 3.05) is 30.2 Å². The number of hydrogen-bond donors (Lipinski definition) is 3. The third kappa shape index (κ3) is 8.24. The first-order valence-corrected chi connectivity index (χ1v) is 13.6. The van der Waals surface area contributed by atoms with Gasteiger partial charge in [-0.1, -0.05) is 31.4 Å². The van der Waals surface area contributed by atoms with Crippen LogP contribution in [0.2, 0.25) is 0 Å². The average Bonchev–Trinajstić information content (AvgIpc) is 2.83. The van der Waals surface area contributed by atoms with E-state index in [0.29, 0.717) is 12.3 Å². The van der Waals surface area contributed by atoms with Crippen LogP contribution in [-0.4, -0.2) is 54.1 Å². The number of rotatable bonds is 10. The van der Waals surface area contributed by atoms with Crippen LogP contribution in [0, 0.1) is 5.92 Å². The summed E-state index contributed by atoms with van der Waals surface area (Å²) in [7, 11) is 1.63. The van der Waals surface area contributed by atoms with Crippen LogP contribution in [0.3, 0.4) is 0 Å². The maximum absolute atomic E-state index is 13.0. The van der Waals surface area contributed by atoms with Crippen LogP contribution in [0.1, 0.15) is 44.1 Å². The first kappa shape index (κ1) is 24.3. The summed E-state index contributed by atoms with van der Waals surface area (Å²) in [5.74, 6) is 4.77. The molecule has 1 aliphatic heterocycles. The minimum Gasteiger partial charge on any atom is -0.497 e. The molecule has 8 heteroatoms. The summed E-state index contributed by atoms with van der Waals surface area (Å²) in [4.78, 5) is 25.7. The van der Waals surface area contributed by atoms with Gasteiger partial charge in [-0.3, -0.25) is 14.9 Å². The van der Waals surface area contributed by atoms with E-state index >= 15 is 0 Å². The van der Waals surface area contributed by atoms with Gasteiger partial charge in [-0.25, -0.2) is 0 Å². The summed E-state index contributed by atoms with van der Waals surface area (Å²) < 4.78 is 5.18. The van der Waals surface area contributed by atoms with E-state index in [1.54, 1.807) is 30.6 Å². The molecule has 1 aromatic rings. The number of thioether (sulfide) groups is 2. The lowest BCUT2D eigenvalue weighted by molar-refractivity contribution is -0.129. The van der Waals surface area contributed by atoms with Crippen LogP contribution in [0.25, 0.3) is 0 Å². The lowest BCUT2D eigenvalue weighted by Crippen LogP contribution is -2.54. The van der Waals surface area contributed by atoms with Gasteiger partial charge in [0.1, 0.15) is 11.8 Å². The normalized spacial score (nSPS) is 20.6. The molecular weight excluding hydrogens is 430 g/mol. The maximum Gasteiger partial charge on any atom is 0.243 e. The largest absolute Gasteiger partial charge is 0.497 e. The SMILES string of the molecule is COc1ccc(CNC(=O)[C@H](CSCC2CCCCC2)NC(=O)C2CCSCN2)cc1. The zero-order valence-corrected chi connectivity index (χ0v) is 20.0. The maximum atomic E-state index is 13.0. The first-order chi connectivity index (χ1) is 15.2. The summed E-state index contributed by atoms with van der Waals surface area (Å²) in [5.41, 5.74) is 1.00. The Kier molecular flexibility index (Phi) is 10.4. The fourth-order valence-electron chi connectivity index (χ4n) is 3.98. The number of carbonyl (C=O) groups excluding carboxylic acids is 2. The average molecular weight is 466 g/mol. The van der Waals surface area contributed by atoms with E-state index in [0.717, 1.165) is 41.0 Å². The van der Waals surface area contributed by atoms with Crippen molar-refractivity contribution in [2.45, 2.75) is 57.2 Å². The van der Waals surface area contributed by atoms with E-state index in [1.807, 2.05) is 24.3 Å². The van der Waals surface area contributed by atoms with Crippen LogP contribution in [0.5, 0.6) is 5.75 Å². The van der Waals surface area contributed by atoms with E-state index < -0.39 is 6.04 Å². The number of ether oxygens (including phenoxy) is 1. The molecule has 1 heterocycles. The van der Waals surface area contributed by atoms with Gasteiger partial charge in [0.2, 0.25) is 11.8 Å². The fourth-order valence-corrected chi connectivity index (χ4v) is 6.11. The number of amides is 2. The Morgan fingerprint density at radius 3 is 2.65 bits per heavy atom. The second-order valence-electron chi connectivity index (χ2n) is 8.27. The predicted octanol–water partition coefficient (Wildman–Crippen LogP) is 3.16. The quantitative estimate of drug-likeness (QED) is 0.493. The summed E-state index contributed by atoms with van der Waals surface area (Å²) in [6, 6.07) is 6.92. The molecule has 1 unspecified atom stereocenters. The lowest BCUT2D eigenvalue weighted by atomic mass is 9.91. The van der Waals surface area contributed by atoms with Gasteiger partial charge in [0.25, 0.3) is 0 Å². The lowest BCUT2D eigenvalue weighted by Gasteiger charge is -2.26. The molecule has 2 fully saturated rings. The predicted molar refractivity (Wildman–Crippen MR) is 130 cm³/mol. The van der Waals surface area contributed by atoms with E-state index in [2.05, 4.69) is 16.0 Å². The van der Waals surface area contributed by atoms with Crippen LogP contribution >= 0.6 is 23.5 Å². The number of nitrogens with one attached hydrogen (secondary N) is 3. The van der Waals surface area contributed by atoms with Crippen molar-refractivity contribution in [3.05, 3.63) is 29.8 Å². The van der Waals surface area contributed by atoms with Crippen molar-refractivity contribution in [2.24, 2.45) is 5.92 Å². The van der Waals surface area contributed by atoms with Gasteiger partial charge in [0.05, 0.1) is 13.2 Å². The molecular formula is C23H35N3O3S2. The van der Waals surface area contributed by atoms with E-state index in [1.165, 1.54) is 32.1 Å². The first-order valence-electron chi connectivity index (χ1n) is 11.3. The Hall–Kier alpha value is -1.38. The van der Waals surface area contributed by atoms with Crippen LogP contribution in [-0.2, 0) is 16.1 Å². The number of methoxy groups -OCH3 is 1. The minimum atomic E-state index is -0.518. The molecule has 1 aliphatic carbocycles. The van der Waals surface area contributed by atoms with E-state index in [9.17, 15) is 9.59 Å². The molecule has 1 aromatic carbocycles. The van der Waals surface area contributed by atoms with Crippen LogP contribution in [0.4, 0.5) is 0 Å². The molecule has 6 nitrogen and oxygen atoms in total. The standard InChI is InChI=1S/C23H35N3O3S2/c1-29-19-9-7-17(8-10-19)13-24-22(27)21(15-31-14-18-5-3-2-4-6-18)26-23(28)20-11-12-30-16-25-20/h7-10,18,20-21,25H,2-6,11-16H2,1H3,(H,24,27)(H,26,28)/t20?,21-/m0/s1. The van der Waals surface area contributed by atoms with Crippen molar-refractivity contribution in [3.63, 3.8) is 0 Å². The van der Waals surface area contributed by atoms with Gasteiger partial charge in [-0.2, -0.15) is 11.8 Å². The summed E-state index contributed by atoms with van der Waals surface area (Å²) in [5, 5.41) is 9.26. The molecule has 2 aliphatic rings. The molecule has 0 radical (unpaired) electrons. The molecule has 0 aromatic heterocycles. The van der Waals surface area contributed by atoms with E-state index in [4.69, 9.17) is 4.74 Å². The third-order valence-electron chi connectivity index (χ3n) is 5.92. The van der Waals surface area contributed by atoms with Gasteiger partial charge >= 0.3 is 0 Å². The molecule has 2 atom stereocenters. The molecule has 0 bridgehead atoms. The molecule has 0 spiro atoms. The Balaban J connectivity index is 1.52. The zero-order valence-electron chi connectivity index (χ0n) is 18.4. The Bertz CT molecular complexity index is 690. The molecule has 1 saturated carbocycles. The molecule has 3 N–H and O–H groups in total. The smallest absolute Gasteiger partial charge is 0.243 e. The third-order valence-corrected chi connectivity index (χ3v) is 8.09. The van der Waals surface area contributed by atoms with Crippen molar-refractivity contribution < 1.29 is 14.3 Å². The Labute approximate surface area is 194 Å². The van der Waals surface area contributed by atoms with Gasteiger partial charge in [0, 0.05) is 18.2 Å². The van der Waals surface area contributed by atoms with Crippen molar-refractivity contribution in [1.82, 2.24) is 16.0 Å². The fraction of sp³-hybridized carbons (Fsp3) is 0.652. The van der Waals surface area contributed by atoms with Crippen molar-refractivity contribution in [3.8, 4) is 5.75 Å². The summed E-state index contributed by atoms with van der Waals surface area (Å²) in [6.07, 6.45) is 7.36. The Morgan fingerprint density at radius 1 is 1.19 bits per heavy atom. The van der Waals surface area contributed by atoms with Crippen molar-refractivity contribution in [1.29, 1.82) is 0 Å². The monoisotopic (exact) mass is 465 g/mol. The minimum absolute atomic E-state index is 0.0665. The van der Waals surface area contributed by atoms with Gasteiger partial charge in [-0.05, 0) is 54.4 Å². The highest BCUT2D eigenvalue weighted by atomic mass is 32.2.